The summed E-state index contributed by atoms with van der Waals surface area (Å²) in [4.78, 5) is 42.2. The molecule has 0 rings (SSSR count). The second-order valence-electron chi connectivity index (χ2n) is 3.50. The largest absolute Gasteiger partial charge is 0.466 e. The van der Waals surface area contributed by atoms with Crippen LogP contribution < -0.4 is 10.6 Å². The van der Waals surface area contributed by atoms with Gasteiger partial charge in [-0.2, -0.15) is 0 Å². The van der Waals surface area contributed by atoms with E-state index in [9.17, 15) is 19.2 Å². The molecule has 0 aromatic rings. The van der Waals surface area contributed by atoms with Crippen molar-refractivity contribution >= 4 is 23.8 Å². The lowest BCUT2D eigenvalue weighted by Crippen LogP contribution is -2.20. The maximum Gasteiger partial charge on any atom is 0.330 e. The zero-order valence-electron chi connectivity index (χ0n) is 15.2. The molecule has 0 unspecified atom stereocenters. The SMILES string of the molecule is CC.CCNC(=O)/C=C\C(=O)OC.CCNC(=O)/C=C\C(=O)OC. The molecule has 0 aliphatic rings. The van der Waals surface area contributed by atoms with Gasteiger partial charge in [-0.1, -0.05) is 13.8 Å². The van der Waals surface area contributed by atoms with Gasteiger partial charge >= 0.3 is 11.9 Å². The van der Waals surface area contributed by atoms with Gasteiger partial charge in [0.2, 0.25) is 11.8 Å². The van der Waals surface area contributed by atoms with Crippen LogP contribution in [0.4, 0.5) is 0 Å². The molecule has 0 aliphatic heterocycles. The Morgan fingerprint density at radius 2 is 1.00 bits per heavy atom. The average molecular weight is 344 g/mol. The molecule has 24 heavy (non-hydrogen) atoms. The number of amides is 2. The van der Waals surface area contributed by atoms with Gasteiger partial charge in [-0.3, -0.25) is 9.59 Å². The molecule has 0 aliphatic carbocycles. The third-order valence-electron chi connectivity index (χ3n) is 1.85. The fraction of sp³-hybridized carbons (Fsp3) is 0.500. The summed E-state index contributed by atoms with van der Waals surface area (Å²) in [5.74, 6) is -1.65. The van der Waals surface area contributed by atoms with Crippen LogP contribution in [0, 0.1) is 0 Å². The first-order chi connectivity index (χ1) is 11.4. The van der Waals surface area contributed by atoms with Crippen LogP contribution >= 0.6 is 0 Å². The van der Waals surface area contributed by atoms with E-state index >= 15 is 0 Å². The Hall–Kier alpha value is -2.64. The van der Waals surface area contributed by atoms with Crippen molar-refractivity contribution in [3.63, 3.8) is 0 Å². The summed E-state index contributed by atoms with van der Waals surface area (Å²) in [6, 6.07) is 0. The molecular formula is C16H28N2O6. The smallest absolute Gasteiger partial charge is 0.330 e. The summed E-state index contributed by atoms with van der Waals surface area (Å²) in [7, 11) is 2.51. The first-order valence-electron chi connectivity index (χ1n) is 7.48. The summed E-state index contributed by atoms with van der Waals surface area (Å²) < 4.78 is 8.55. The quantitative estimate of drug-likeness (QED) is 0.543. The summed E-state index contributed by atoms with van der Waals surface area (Å²) >= 11 is 0. The van der Waals surface area contributed by atoms with Crippen molar-refractivity contribution in [1.82, 2.24) is 10.6 Å². The molecule has 0 aromatic heterocycles. The number of rotatable bonds is 6. The van der Waals surface area contributed by atoms with Crippen LogP contribution in [-0.2, 0) is 28.7 Å². The van der Waals surface area contributed by atoms with Crippen LogP contribution in [0.25, 0.3) is 0 Å². The van der Waals surface area contributed by atoms with E-state index < -0.39 is 11.9 Å². The molecule has 2 N–H and O–H groups in total. The number of methoxy groups -OCH3 is 2. The molecule has 0 atom stereocenters. The zero-order chi connectivity index (χ0) is 19.4. The molecule has 138 valence electrons. The van der Waals surface area contributed by atoms with Gasteiger partial charge in [-0.25, -0.2) is 9.59 Å². The van der Waals surface area contributed by atoms with Crippen molar-refractivity contribution in [2.75, 3.05) is 27.3 Å². The van der Waals surface area contributed by atoms with E-state index in [0.717, 1.165) is 24.3 Å². The number of likely N-dealkylation sites (N-methyl/N-ethyl adjacent to an activating group) is 2. The maximum absolute atomic E-state index is 10.7. The second kappa shape index (κ2) is 20.4. The second-order valence-corrected chi connectivity index (χ2v) is 3.50. The van der Waals surface area contributed by atoms with Gasteiger partial charge in [0.15, 0.2) is 0 Å². The van der Waals surface area contributed by atoms with E-state index in [1.54, 1.807) is 13.8 Å². The standard InChI is InChI=1S/2C7H11NO3.C2H6/c2*1-3-8-6(9)4-5-7(10)11-2;1-2/h2*4-5H,3H2,1-2H3,(H,8,9);1-2H3/b2*5-4-;. The molecule has 0 heterocycles. The summed E-state index contributed by atoms with van der Waals surface area (Å²) in [6.07, 6.45) is 4.42. The molecule has 2 amide bonds. The van der Waals surface area contributed by atoms with Crippen molar-refractivity contribution in [3.8, 4) is 0 Å². The highest BCUT2D eigenvalue weighted by molar-refractivity contribution is 5.94. The zero-order valence-corrected chi connectivity index (χ0v) is 15.2. The van der Waals surface area contributed by atoms with Gasteiger partial charge in [-0.15, -0.1) is 0 Å². The van der Waals surface area contributed by atoms with Crippen LogP contribution in [0.2, 0.25) is 0 Å². The minimum absolute atomic E-state index is 0.294. The molecule has 8 heteroatoms. The lowest BCUT2D eigenvalue weighted by molar-refractivity contribution is -0.135. The fourth-order valence-corrected chi connectivity index (χ4v) is 0.890. The Kier molecular flexibility index (Phi) is 22.3. The number of carbonyl (C=O) groups is 4. The Morgan fingerprint density at radius 3 is 1.21 bits per heavy atom. The van der Waals surface area contributed by atoms with Crippen LogP contribution in [0.5, 0.6) is 0 Å². The van der Waals surface area contributed by atoms with Crippen LogP contribution in [0.3, 0.4) is 0 Å². The number of ether oxygens (including phenoxy) is 2. The molecule has 0 saturated heterocycles. The highest BCUT2D eigenvalue weighted by atomic mass is 16.5. The average Bonchev–Trinajstić information content (AvgIpc) is 2.60. The van der Waals surface area contributed by atoms with Gasteiger partial charge in [0, 0.05) is 37.4 Å². The lowest BCUT2D eigenvalue weighted by Gasteiger charge is -1.93. The minimum Gasteiger partial charge on any atom is -0.466 e. The third kappa shape index (κ3) is 21.7. The van der Waals surface area contributed by atoms with Crippen molar-refractivity contribution in [2.45, 2.75) is 27.7 Å². The van der Waals surface area contributed by atoms with Gasteiger partial charge in [-0.05, 0) is 13.8 Å². The van der Waals surface area contributed by atoms with Crippen molar-refractivity contribution in [3.05, 3.63) is 24.3 Å². The molecule has 8 nitrogen and oxygen atoms in total. The molecule has 0 fully saturated rings. The predicted molar refractivity (Wildman–Crippen MR) is 91.0 cm³/mol. The van der Waals surface area contributed by atoms with E-state index in [0.29, 0.717) is 13.1 Å². The maximum atomic E-state index is 10.7. The van der Waals surface area contributed by atoms with Crippen molar-refractivity contribution in [1.29, 1.82) is 0 Å². The number of carbonyl (C=O) groups excluding carboxylic acids is 4. The number of hydrogen-bond acceptors (Lipinski definition) is 6. The first kappa shape index (κ1) is 26.3. The van der Waals surface area contributed by atoms with Gasteiger partial charge in [0.1, 0.15) is 0 Å². The minimum atomic E-state index is -0.531. The topological polar surface area (TPSA) is 111 Å². The van der Waals surface area contributed by atoms with Crippen LogP contribution in [-0.4, -0.2) is 51.1 Å². The van der Waals surface area contributed by atoms with E-state index in [1.807, 2.05) is 13.8 Å². The molecular weight excluding hydrogens is 316 g/mol. The highest BCUT2D eigenvalue weighted by Gasteiger charge is 1.95. The van der Waals surface area contributed by atoms with Crippen molar-refractivity contribution in [2.24, 2.45) is 0 Å². The van der Waals surface area contributed by atoms with Crippen LogP contribution in [0.15, 0.2) is 24.3 Å². The monoisotopic (exact) mass is 344 g/mol. The Labute approximate surface area is 143 Å². The Balaban J connectivity index is -0.000000333. The summed E-state index contributed by atoms with van der Waals surface area (Å²) in [6.45, 7) is 8.68. The molecule has 0 aromatic carbocycles. The van der Waals surface area contributed by atoms with E-state index in [-0.39, 0.29) is 11.8 Å². The molecule has 0 radical (unpaired) electrons. The Morgan fingerprint density at radius 1 is 0.708 bits per heavy atom. The number of nitrogens with one attached hydrogen (secondary N) is 2. The predicted octanol–water partition coefficient (Wildman–Crippen LogP) is 0.730. The Bertz CT molecular complexity index is 390. The van der Waals surface area contributed by atoms with E-state index in [4.69, 9.17) is 0 Å². The number of hydrogen-bond donors (Lipinski definition) is 2. The van der Waals surface area contributed by atoms with Crippen LogP contribution in [0.1, 0.15) is 27.7 Å². The molecule has 0 spiro atoms. The lowest BCUT2D eigenvalue weighted by atomic mass is 10.4. The first-order valence-corrected chi connectivity index (χ1v) is 7.48. The normalized spacial score (nSPS) is 9.08. The highest BCUT2D eigenvalue weighted by Crippen LogP contribution is 1.78. The van der Waals surface area contributed by atoms with Gasteiger partial charge < -0.3 is 20.1 Å². The fourth-order valence-electron chi connectivity index (χ4n) is 0.890. The summed E-state index contributed by atoms with van der Waals surface area (Å²) in [5, 5.41) is 4.98. The summed E-state index contributed by atoms with van der Waals surface area (Å²) in [5.41, 5.74) is 0. The molecule has 0 saturated carbocycles. The third-order valence-corrected chi connectivity index (χ3v) is 1.85. The van der Waals surface area contributed by atoms with Gasteiger partial charge in [0.05, 0.1) is 14.2 Å². The number of esters is 2. The van der Waals surface area contributed by atoms with E-state index in [2.05, 4.69) is 20.1 Å². The molecule has 0 bridgehead atoms. The van der Waals surface area contributed by atoms with E-state index in [1.165, 1.54) is 14.2 Å². The van der Waals surface area contributed by atoms with Crippen molar-refractivity contribution < 1.29 is 28.7 Å². The van der Waals surface area contributed by atoms with Gasteiger partial charge in [0.25, 0.3) is 0 Å².